The Hall–Kier alpha value is -3.80. The van der Waals surface area contributed by atoms with E-state index in [-0.39, 0.29) is 30.9 Å². The molecule has 4 amide bonds. The number of hydrogen-bond acceptors (Lipinski definition) is 7. The summed E-state index contributed by atoms with van der Waals surface area (Å²) in [4.78, 5) is 49.4. The van der Waals surface area contributed by atoms with Gasteiger partial charge in [0.05, 0.1) is 6.54 Å². The van der Waals surface area contributed by atoms with Crippen LogP contribution in [0.5, 0.6) is 0 Å². The smallest absolute Gasteiger partial charge is 0.267 e. The Kier molecular flexibility index (Phi) is 8.90. The first-order valence-electron chi connectivity index (χ1n) is 11.2. The van der Waals surface area contributed by atoms with Gasteiger partial charge in [0, 0.05) is 43.9 Å². The van der Waals surface area contributed by atoms with Gasteiger partial charge in [0.15, 0.2) is 0 Å². The van der Waals surface area contributed by atoms with Gasteiger partial charge in [0.2, 0.25) is 11.8 Å². The average molecular weight is 483 g/mol. The van der Waals surface area contributed by atoms with E-state index in [2.05, 4.69) is 16.0 Å². The van der Waals surface area contributed by atoms with Crippen molar-refractivity contribution in [2.45, 2.75) is 25.4 Å². The maximum absolute atomic E-state index is 12.4. The van der Waals surface area contributed by atoms with E-state index >= 15 is 0 Å². The van der Waals surface area contributed by atoms with E-state index in [1.54, 1.807) is 36.4 Å². The molecule has 11 heteroatoms. The van der Waals surface area contributed by atoms with Gasteiger partial charge in [-0.1, -0.05) is 24.3 Å². The van der Waals surface area contributed by atoms with E-state index in [0.717, 1.165) is 24.1 Å². The van der Waals surface area contributed by atoms with Crippen LogP contribution in [0.25, 0.3) is 11.1 Å². The van der Waals surface area contributed by atoms with Crippen molar-refractivity contribution < 1.29 is 24.4 Å². The van der Waals surface area contributed by atoms with Gasteiger partial charge in [-0.3, -0.25) is 29.3 Å². The van der Waals surface area contributed by atoms with Crippen molar-refractivity contribution in [1.29, 1.82) is 0 Å². The lowest BCUT2D eigenvalue weighted by Crippen LogP contribution is -2.50. The third-order valence-electron chi connectivity index (χ3n) is 5.66. The second kappa shape index (κ2) is 12.1. The molecule has 35 heavy (non-hydrogen) atoms. The lowest BCUT2D eigenvalue weighted by Gasteiger charge is -2.16. The standard InChI is InChI=1S/C24H30N6O5/c1-15(31)26-20-10-11-30(13-20)14-22(32)27-19-8-6-17(7-9-19)16-2-4-18(5-3-16)23(33)28-21(12-25)24(34)29-35/h2-9,20-21,35H,10-14,25H2,1H3,(H,26,31)(H,27,32)(H,28,33)(H,29,34)/t20-,21+/m1/s1. The van der Waals surface area contributed by atoms with Crippen molar-refractivity contribution in [3.8, 4) is 11.1 Å². The second-order valence-electron chi connectivity index (χ2n) is 8.36. The fourth-order valence-electron chi connectivity index (χ4n) is 3.90. The molecule has 1 fully saturated rings. The average Bonchev–Trinajstić information content (AvgIpc) is 3.28. The summed E-state index contributed by atoms with van der Waals surface area (Å²) in [7, 11) is 0. The van der Waals surface area contributed by atoms with Crippen LogP contribution in [-0.2, 0) is 14.4 Å². The van der Waals surface area contributed by atoms with E-state index in [9.17, 15) is 19.2 Å². The quantitative estimate of drug-likeness (QED) is 0.217. The molecule has 0 aliphatic carbocycles. The molecule has 0 saturated carbocycles. The monoisotopic (exact) mass is 482 g/mol. The highest BCUT2D eigenvalue weighted by molar-refractivity contribution is 5.98. The molecule has 0 unspecified atom stereocenters. The fourth-order valence-corrected chi connectivity index (χ4v) is 3.90. The minimum atomic E-state index is -1.04. The molecule has 0 radical (unpaired) electrons. The van der Waals surface area contributed by atoms with Crippen molar-refractivity contribution in [2.75, 3.05) is 31.5 Å². The SMILES string of the molecule is CC(=O)N[C@@H]1CCN(CC(=O)Nc2ccc(-c3ccc(C(=O)N[C@@H](CN)C(=O)NO)cc3)cc2)C1. The van der Waals surface area contributed by atoms with Gasteiger partial charge in [0.1, 0.15) is 6.04 Å². The summed E-state index contributed by atoms with van der Waals surface area (Å²) in [6, 6.07) is 13.2. The number of hydroxylamine groups is 1. The van der Waals surface area contributed by atoms with Crippen LogP contribution in [0.2, 0.25) is 0 Å². The predicted octanol–water partition coefficient (Wildman–Crippen LogP) is 0.0650. The number of nitrogens with two attached hydrogens (primary N) is 1. The summed E-state index contributed by atoms with van der Waals surface area (Å²) in [5, 5.41) is 16.9. The third-order valence-corrected chi connectivity index (χ3v) is 5.66. The number of carbonyl (C=O) groups excluding carboxylic acids is 4. The molecule has 0 aromatic heterocycles. The molecule has 2 atom stereocenters. The van der Waals surface area contributed by atoms with Crippen LogP contribution >= 0.6 is 0 Å². The molecule has 1 aliphatic heterocycles. The van der Waals surface area contributed by atoms with E-state index in [1.165, 1.54) is 12.4 Å². The van der Waals surface area contributed by atoms with Crippen molar-refractivity contribution >= 4 is 29.3 Å². The summed E-state index contributed by atoms with van der Waals surface area (Å²) in [5.41, 5.74) is 9.69. The normalized spacial score (nSPS) is 16.3. The van der Waals surface area contributed by atoms with Crippen LogP contribution in [0.1, 0.15) is 23.7 Å². The molecule has 1 aliphatic rings. The molecular formula is C24H30N6O5. The number of anilines is 1. The van der Waals surface area contributed by atoms with Crippen LogP contribution in [0, 0.1) is 0 Å². The molecule has 3 rings (SSSR count). The first-order chi connectivity index (χ1) is 16.8. The maximum atomic E-state index is 12.4. The Bertz CT molecular complexity index is 1060. The lowest BCUT2D eigenvalue weighted by molar-refractivity contribution is -0.131. The number of likely N-dealkylation sites (tertiary alicyclic amines) is 1. The zero-order valence-electron chi connectivity index (χ0n) is 19.4. The molecule has 1 heterocycles. The number of nitrogens with zero attached hydrogens (tertiary/aromatic N) is 1. The Morgan fingerprint density at radius 1 is 1.06 bits per heavy atom. The Labute approximate surface area is 203 Å². The van der Waals surface area contributed by atoms with Gasteiger partial charge < -0.3 is 21.7 Å². The largest absolute Gasteiger partial charge is 0.352 e. The molecule has 11 nitrogen and oxygen atoms in total. The Morgan fingerprint density at radius 2 is 1.69 bits per heavy atom. The van der Waals surface area contributed by atoms with E-state index in [1.807, 2.05) is 17.0 Å². The minimum absolute atomic E-state index is 0.0633. The first-order valence-corrected chi connectivity index (χ1v) is 11.2. The van der Waals surface area contributed by atoms with Gasteiger partial charge in [-0.25, -0.2) is 5.48 Å². The van der Waals surface area contributed by atoms with Crippen LogP contribution in [-0.4, -0.2) is 72.0 Å². The predicted molar refractivity (Wildman–Crippen MR) is 129 cm³/mol. The summed E-state index contributed by atoms with van der Waals surface area (Å²) in [5.74, 6) is -1.47. The molecule has 0 spiro atoms. The molecule has 1 saturated heterocycles. The molecule has 0 bridgehead atoms. The summed E-state index contributed by atoms with van der Waals surface area (Å²) in [6.45, 7) is 3.00. The van der Waals surface area contributed by atoms with Crippen LogP contribution < -0.4 is 27.2 Å². The number of amides is 4. The maximum Gasteiger partial charge on any atom is 0.267 e. The number of hydrogen-bond donors (Lipinski definition) is 6. The van der Waals surface area contributed by atoms with Crippen LogP contribution in [0.4, 0.5) is 5.69 Å². The van der Waals surface area contributed by atoms with E-state index in [4.69, 9.17) is 10.9 Å². The zero-order valence-corrected chi connectivity index (χ0v) is 19.4. The van der Waals surface area contributed by atoms with Crippen molar-refractivity contribution in [3.05, 3.63) is 54.1 Å². The number of nitrogens with one attached hydrogen (secondary N) is 4. The van der Waals surface area contributed by atoms with Crippen LogP contribution in [0.15, 0.2) is 48.5 Å². The summed E-state index contributed by atoms with van der Waals surface area (Å²) in [6.07, 6.45) is 0.827. The van der Waals surface area contributed by atoms with Crippen molar-refractivity contribution in [3.63, 3.8) is 0 Å². The molecular weight excluding hydrogens is 452 g/mol. The molecule has 2 aromatic rings. The molecule has 2 aromatic carbocycles. The highest BCUT2D eigenvalue weighted by atomic mass is 16.5. The highest BCUT2D eigenvalue weighted by Crippen LogP contribution is 2.22. The van der Waals surface area contributed by atoms with Crippen molar-refractivity contribution in [2.24, 2.45) is 5.73 Å². The molecule has 186 valence electrons. The van der Waals surface area contributed by atoms with Gasteiger partial charge >= 0.3 is 0 Å². The van der Waals surface area contributed by atoms with Gasteiger partial charge in [-0.15, -0.1) is 0 Å². The number of carbonyl (C=O) groups is 4. The van der Waals surface area contributed by atoms with Crippen LogP contribution in [0.3, 0.4) is 0 Å². The van der Waals surface area contributed by atoms with Gasteiger partial charge in [-0.2, -0.15) is 0 Å². The minimum Gasteiger partial charge on any atom is -0.352 e. The fraction of sp³-hybridized carbons (Fsp3) is 0.333. The summed E-state index contributed by atoms with van der Waals surface area (Å²) < 4.78 is 0. The highest BCUT2D eigenvalue weighted by Gasteiger charge is 2.24. The third kappa shape index (κ3) is 7.34. The lowest BCUT2D eigenvalue weighted by atomic mass is 10.0. The Morgan fingerprint density at radius 3 is 2.26 bits per heavy atom. The first kappa shape index (κ1) is 25.8. The van der Waals surface area contributed by atoms with E-state index < -0.39 is 17.9 Å². The zero-order chi connectivity index (χ0) is 25.4. The van der Waals surface area contributed by atoms with Gasteiger partial charge in [0.25, 0.3) is 11.8 Å². The summed E-state index contributed by atoms with van der Waals surface area (Å²) >= 11 is 0. The number of benzene rings is 2. The number of rotatable bonds is 9. The van der Waals surface area contributed by atoms with Gasteiger partial charge in [-0.05, 0) is 41.8 Å². The van der Waals surface area contributed by atoms with E-state index in [0.29, 0.717) is 17.8 Å². The Balaban J connectivity index is 1.53. The van der Waals surface area contributed by atoms with Crippen molar-refractivity contribution in [1.82, 2.24) is 21.0 Å². The molecule has 7 N–H and O–H groups in total. The second-order valence-corrected chi connectivity index (χ2v) is 8.36. The topological polar surface area (TPSA) is 166 Å².